The highest BCUT2D eigenvalue weighted by Crippen LogP contribution is 2.44. The van der Waals surface area contributed by atoms with E-state index in [1.165, 1.54) is 19.3 Å². The molecule has 5 heteroatoms. The fourth-order valence-electron chi connectivity index (χ4n) is 3.50. The molecule has 0 aliphatic heterocycles. The zero-order valence-corrected chi connectivity index (χ0v) is 11.7. The van der Waals surface area contributed by atoms with E-state index in [1.807, 2.05) is 6.07 Å². The molecule has 104 valence electrons. The van der Waals surface area contributed by atoms with Gasteiger partial charge in [0, 0.05) is 12.6 Å². The Hall–Kier alpha value is -0.910. The third-order valence-corrected chi connectivity index (χ3v) is 5.98. The van der Waals surface area contributed by atoms with E-state index in [4.69, 9.17) is 5.73 Å². The van der Waals surface area contributed by atoms with Gasteiger partial charge in [0.2, 0.25) is 10.0 Å². The molecule has 19 heavy (non-hydrogen) atoms. The lowest BCUT2D eigenvalue weighted by Gasteiger charge is -2.22. The Bertz CT molecular complexity index is 571. The van der Waals surface area contributed by atoms with Crippen molar-refractivity contribution < 1.29 is 8.42 Å². The molecule has 0 spiro atoms. The molecule has 2 aliphatic rings. The first-order valence-electron chi connectivity index (χ1n) is 6.90. The van der Waals surface area contributed by atoms with Crippen LogP contribution < -0.4 is 10.5 Å². The van der Waals surface area contributed by atoms with Crippen LogP contribution in [0.4, 0.5) is 0 Å². The van der Waals surface area contributed by atoms with Crippen molar-refractivity contribution in [3.8, 4) is 0 Å². The Morgan fingerprint density at radius 1 is 1.26 bits per heavy atom. The van der Waals surface area contributed by atoms with E-state index in [-0.39, 0.29) is 6.04 Å². The van der Waals surface area contributed by atoms with Gasteiger partial charge in [0.15, 0.2) is 0 Å². The topological polar surface area (TPSA) is 72.2 Å². The van der Waals surface area contributed by atoms with Gasteiger partial charge < -0.3 is 5.73 Å². The van der Waals surface area contributed by atoms with E-state index in [0.29, 0.717) is 17.4 Å². The summed E-state index contributed by atoms with van der Waals surface area (Å²) in [5.41, 5.74) is 6.40. The van der Waals surface area contributed by atoms with Crippen molar-refractivity contribution in [1.29, 1.82) is 0 Å². The van der Waals surface area contributed by atoms with Crippen molar-refractivity contribution in [3.05, 3.63) is 29.8 Å². The van der Waals surface area contributed by atoms with E-state index in [0.717, 1.165) is 17.9 Å². The van der Waals surface area contributed by atoms with Gasteiger partial charge in [-0.1, -0.05) is 18.6 Å². The second-order valence-corrected chi connectivity index (χ2v) is 7.47. The largest absolute Gasteiger partial charge is 0.326 e. The number of hydrogen-bond donors (Lipinski definition) is 2. The zero-order chi connectivity index (χ0) is 13.5. The number of hydrogen-bond acceptors (Lipinski definition) is 3. The van der Waals surface area contributed by atoms with Crippen LogP contribution in [0.25, 0.3) is 0 Å². The van der Waals surface area contributed by atoms with Crippen molar-refractivity contribution >= 4 is 10.0 Å². The summed E-state index contributed by atoms with van der Waals surface area (Å²) in [6.07, 6.45) is 4.63. The molecular formula is C14H20N2O2S. The molecule has 4 nitrogen and oxygen atoms in total. The number of nitrogens with one attached hydrogen (secondary N) is 1. The molecule has 0 heterocycles. The predicted octanol–water partition coefficient (Wildman–Crippen LogP) is 1.61. The van der Waals surface area contributed by atoms with Crippen LogP contribution in [0.3, 0.4) is 0 Å². The molecule has 1 aromatic rings. The summed E-state index contributed by atoms with van der Waals surface area (Å²) >= 11 is 0. The monoisotopic (exact) mass is 280 g/mol. The number of benzene rings is 1. The van der Waals surface area contributed by atoms with E-state index in [1.54, 1.807) is 18.2 Å². The maximum absolute atomic E-state index is 12.4. The molecule has 1 aromatic carbocycles. The average Bonchev–Trinajstić information content (AvgIpc) is 3.00. The summed E-state index contributed by atoms with van der Waals surface area (Å²) in [6, 6.07) is 7.02. The molecule has 0 saturated heterocycles. The van der Waals surface area contributed by atoms with E-state index in [9.17, 15) is 8.42 Å². The van der Waals surface area contributed by atoms with Crippen molar-refractivity contribution in [1.82, 2.24) is 4.72 Å². The summed E-state index contributed by atoms with van der Waals surface area (Å²) in [7, 11) is -3.40. The minimum absolute atomic E-state index is 0.130. The maximum Gasteiger partial charge on any atom is 0.240 e. The lowest BCUT2D eigenvalue weighted by atomic mass is 9.96. The molecule has 3 rings (SSSR count). The Morgan fingerprint density at radius 3 is 2.74 bits per heavy atom. The van der Waals surface area contributed by atoms with Gasteiger partial charge in [0.25, 0.3) is 0 Å². The van der Waals surface area contributed by atoms with Crippen LogP contribution in [0, 0.1) is 11.8 Å². The molecule has 2 aliphatic carbocycles. The molecule has 0 aromatic heterocycles. The Balaban J connectivity index is 1.78. The van der Waals surface area contributed by atoms with Crippen LogP contribution in [-0.4, -0.2) is 14.5 Å². The molecular weight excluding hydrogens is 260 g/mol. The summed E-state index contributed by atoms with van der Waals surface area (Å²) in [4.78, 5) is 0.332. The van der Waals surface area contributed by atoms with Crippen LogP contribution in [-0.2, 0) is 16.6 Å². The van der Waals surface area contributed by atoms with Gasteiger partial charge in [-0.3, -0.25) is 0 Å². The highest BCUT2D eigenvalue weighted by atomic mass is 32.2. The van der Waals surface area contributed by atoms with Gasteiger partial charge in [0.1, 0.15) is 0 Å². The SMILES string of the molecule is NCc1cccc(S(=O)(=O)NC2CC3CCC2C3)c1. The molecule has 3 N–H and O–H groups in total. The third-order valence-electron chi connectivity index (χ3n) is 4.49. The fourth-order valence-corrected chi connectivity index (χ4v) is 4.88. The fraction of sp³-hybridized carbons (Fsp3) is 0.571. The van der Waals surface area contributed by atoms with Gasteiger partial charge >= 0.3 is 0 Å². The highest BCUT2D eigenvalue weighted by Gasteiger charge is 2.41. The van der Waals surface area contributed by atoms with Crippen LogP contribution in [0.5, 0.6) is 0 Å². The smallest absolute Gasteiger partial charge is 0.240 e. The number of rotatable bonds is 4. The quantitative estimate of drug-likeness (QED) is 0.880. The molecule has 3 unspecified atom stereocenters. The van der Waals surface area contributed by atoms with Gasteiger partial charge in [-0.05, 0) is 48.8 Å². The van der Waals surface area contributed by atoms with Crippen LogP contribution >= 0.6 is 0 Å². The normalized spacial score (nSPS) is 29.8. The summed E-state index contributed by atoms with van der Waals surface area (Å²) in [5, 5.41) is 0. The van der Waals surface area contributed by atoms with Crippen molar-refractivity contribution in [3.63, 3.8) is 0 Å². The molecule has 0 radical (unpaired) electrons. The van der Waals surface area contributed by atoms with Crippen molar-refractivity contribution in [2.45, 2.75) is 43.2 Å². The molecule has 2 bridgehead atoms. The van der Waals surface area contributed by atoms with Gasteiger partial charge in [-0.15, -0.1) is 0 Å². The van der Waals surface area contributed by atoms with Crippen molar-refractivity contribution in [2.24, 2.45) is 17.6 Å². The molecule has 0 amide bonds. The van der Waals surface area contributed by atoms with Crippen LogP contribution in [0.15, 0.2) is 29.2 Å². The first-order valence-corrected chi connectivity index (χ1v) is 8.38. The summed E-state index contributed by atoms with van der Waals surface area (Å²) in [5.74, 6) is 1.27. The Kier molecular flexibility index (Phi) is 3.37. The lowest BCUT2D eigenvalue weighted by Crippen LogP contribution is -2.38. The minimum Gasteiger partial charge on any atom is -0.326 e. The van der Waals surface area contributed by atoms with Gasteiger partial charge in [-0.25, -0.2) is 13.1 Å². The molecule has 2 saturated carbocycles. The first-order chi connectivity index (χ1) is 9.08. The Labute approximate surface area is 114 Å². The minimum atomic E-state index is -3.40. The maximum atomic E-state index is 12.4. The van der Waals surface area contributed by atoms with E-state index >= 15 is 0 Å². The zero-order valence-electron chi connectivity index (χ0n) is 10.9. The van der Waals surface area contributed by atoms with Crippen LogP contribution in [0.1, 0.15) is 31.2 Å². The summed E-state index contributed by atoms with van der Waals surface area (Å²) < 4.78 is 27.6. The van der Waals surface area contributed by atoms with E-state index < -0.39 is 10.0 Å². The van der Waals surface area contributed by atoms with Gasteiger partial charge in [0.05, 0.1) is 4.90 Å². The average molecular weight is 280 g/mol. The van der Waals surface area contributed by atoms with Crippen molar-refractivity contribution in [2.75, 3.05) is 0 Å². The number of sulfonamides is 1. The van der Waals surface area contributed by atoms with Gasteiger partial charge in [-0.2, -0.15) is 0 Å². The molecule has 3 atom stereocenters. The standard InChI is InChI=1S/C14H20N2O2S/c15-9-11-2-1-3-13(7-11)19(17,18)16-14-8-10-4-5-12(14)6-10/h1-3,7,10,12,14,16H,4-6,8-9,15H2. The molecule has 2 fully saturated rings. The number of nitrogens with two attached hydrogens (primary N) is 1. The van der Waals surface area contributed by atoms with Crippen LogP contribution in [0.2, 0.25) is 0 Å². The lowest BCUT2D eigenvalue weighted by molar-refractivity contribution is 0.390. The Morgan fingerprint density at radius 2 is 2.11 bits per heavy atom. The third kappa shape index (κ3) is 2.55. The first kappa shape index (κ1) is 13.1. The highest BCUT2D eigenvalue weighted by molar-refractivity contribution is 7.89. The second kappa shape index (κ2) is 4.89. The van der Waals surface area contributed by atoms with E-state index in [2.05, 4.69) is 4.72 Å². The summed E-state index contributed by atoms with van der Waals surface area (Å²) in [6.45, 7) is 0.359. The number of fused-ring (bicyclic) bond motifs is 2. The second-order valence-electron chi connectivity index (χ2n) is 5.75. The predicted molar refractivity (Wildman–Crippen MR) is 73.9 cm³/mol.